The van der Waals surface area contributed by atoms with Gasteiger partial charge in [-0.2, -0.15) is 0 Å². The molecule has 1 aliphatic carbocycles. The van der Waals surface area contributed by atoms with E-state index in [-0.39, 0.29) is 18.8 Å². The van der Waals surface area contributed by atoms with Crippen molar-refractivity contribution in [3.63, 3.8) is 0 Å². The molecule has 0 spiro atoms. The van der Waals surface area contributed by atoms with Gasteiger partial charge in [0.15, 0.2) is 0 Å². The van der Waals surface area contributed by atoms with Crippen molar-refractivity contribution in [2.45, 2.75) is 57.0 Å². The lowest BCUT2D eigenvalue weighted by Crippen LogP contribution is -2.46. The molecule has 0 bridgehead atoms. The van der Waals surface area contributed by atoms with Crippen LogP contribution in [-0.2, 0) is 9.59 Å². The summed E-state index contributed by atoms with van der Waals surface area (Å²) in [5, 5.41) is 1.02. The molecule has 2 aliphatic heterocycles. The van der Waals surface area contributed by atoms with Crippen molar-refractivity contribution < 1.29 is 14.4 Å². The second kappa shape index (κ2) is 7.50. The standard InChI is InChI=1S/C21H24N4O3S/c26-19-20(27)25(14-7-1-2-8-14)21(28)24(19)13-23-12-6-5-10-16(23)18-22-15-9-3-4-11-17(15)29-18/h3-4,9,11,14,16H,1-2,5-8,10,12-13H2/t16-/m1/s1. The summed E-state index contributed by atoms with van der Waals surface area (Å²) in [5.74, 6) is -1.34. The molecular formula is C21H24N4O3S. The summed E-state index contributed by atoms with van der Waals surface area (Å²) in [6, 6.07) is 7.57. The third-order valence-electron chi connectivity index (χ3n) is 6.31. The number of likely N-dealkylation sites (tertiary alicyclic amines) is 1. The molecule has 29 heavy (non-hydrogen) atoms. The maximum atomic E-state index is 12.9. The second-order valence-electron chi connectivity index (χ2n) is 8.11. The van der Waals surface area contributed by atoms with Gasteiger partial charge in [0.1, 0.15) is 5.01 Å². The molecule has 3 heterocycles. The van der Waals surface area contributed by atoms with Crippen molar-refractivity contribution in [2.24, 2.45) is 0 Å². The molecule has 3 fully saturated rings. The Morgan fingerprint density at radius 1 is 0.966 bits per heavy atom. The minimum atomic E-state index is -0.685. The fourth-order valence-corrected chi connectivity index (χ4v) is 5.92. The van der Waals surface area contributed by atoms with Crippen molar-refractivity contribution in [1.82, 2.24) is 19.7 Å². The Hall–Kier alpha value is -2.32. The molecule has 1 aromatic carbocycles. The fourth-order valence-electron chi connectivity index (χ4n) is 4.79. The first-order valence-corrected chi connectivity index (χ1v) is 11.2. The molecule has 0 unspecified atom stereocenters. The lowest BCUT2D eigenvalue weighted by molar-refractivity contribution is -0.144. The predicted octanol–water partition coefficient (Wildman–Crippen LogP) is 3.51. The number of aromatic nitrogens is 1. The molecule has 5 rings (SSSR count). The summed E-state index contributed by atoms with van der Waals surface area (Å²) >= 11 is 1.67. The first kappa shape index (κ1) is 18.7. The molecule has 1 saturated carbocycles. The topological polar surface area (TPSA) is 73.8 Å². The van der Waals surface area contributed by atoms with Crippen molar-refractivity contribution in [3.05, 3.63) is 29.3 Å². The molecule has 4 amide bonds. The van der Waals surface area contributed by atoms with Gasteiger partial charge in [-0.15, -0.1) is 11.3 Å². The number of carbonyl (C=O) groups excluding carboxylic acids is 3. The average molecular weight is 413 g/mol. The Morgan fingerprint density at radius 2 is 1.72 bits per heavy atom. The van der Waals surface area contributed by atoms with Crippen LogP contribution in [0.4, 0.5) is 4.79 Å². The normalized spacial score (nSPS) is 24.4. The highest BCUT2D eigenvalue weighted by Gasteiger charge is 2.49. The molecule has 7 nitrogen and oxygen atoms in total. The molecule has 3 aliphatic rings. The van der Waals surface area contributed by atoms with E-state index in [1.807, 2.05) is 18.2 Å². The monoisotopic (exact) mass is 412 g/mol. The lowest BCUT2D eigenvalue weighted by atomic mass is 10.0. The number of para-hydroxylation sites is 1. The van der Waals surface area contributed by atoms with Crippen LogP contribution in [0, 0.1) is 0 Å². The Morgan fingerprint density at radius 3 is 2.52 bits per heavy atom. The van der Waals surface area contributed by atoms with E-state index in [4.69, 9.17) is 4.98 Å². The Balaban J connectivity index is 1.38. The number of rotatable bonds is 4. The van der Waals surface area contributed by atoms with E-state index >= 15 is 0 Å². The first-order chi connectivity index (χ1) is 14.1. The maximum Gasteiger partial charge on any atom is 0.335 e. The lowest BCUT2D eigenvalue weighted by Gasteiger charge is -2.36. The Labute approximate surface area is 173 Å². The molecule has 1 aromatic heterocycles. The summed E-state index contributed by atoms with van der Waals surface area (Å²) in [6.07, 6.45) is 6.65. The van der Waals surface area contributed by atoms with Gasteiger partial charge in [0.25, 0.3) is 0 Å². The third-order valence-corrected chi connectivity index (χ3v) is 7.44. The van der Waals surface area contributed by atoms with Crippen LogP contribution in [0.3, 0.4) is 0 Å². The highest BCUT2D eigenvalue weighted by Crippen LogP contribution is 2.36. The van der Waals surface area contributed by atoms with Crippen LogP contribution < -0.4 is 0 Å². The number of hydrogen-bond donors (Lipinski definition) is 0. The molecular weight excluding hydrogens is 388 g/mol. The number of hydrogen-bond acceptors (Lipinski definition) is 6. The van der Waals surface area contributed by atoms with E-state index in [9.17, 15) is 14.4 Å². The van der Waals surface area contributed by atoms with E-state index in [1.165, 1.54) is 4.90 Å². The molecule has 8 heteroatoms. The largest absolute Gasteiger partial charge is 0.335 e. The Bertz CT molecular complexity index is 935. The summed E-state index contributed by atoms with van der Waals surface area (Å²) in [7, 11) is 0. The Kier molecular flexibility index (Phi) is 4.83. The minimum Gasteiger partial charge on any atom is -0.276 e. The van der Waals surface area contributed by atoms with Gasteiger partial charge in [-0.3, -0.25) is 19.4 Å². The minimum absolute atomic E-state index is 0.0670. The number of piperidine rings is 1. The van der Waals surface area contributed by atoms with Gasteiger partial charge in [0.05, 0.1) is 22.9 Å². The zero-order valence-corrected chi connectivity index (χ0v) is 17.1. The zero-order chi connectivity index (χ0) is 20.0. The number of benzene rings is 1. The number of carbonyl (C=O) groups is 3. The van der Waals surface area contributed by atoms with Crippen LogP contribution in [-0.4, -0.2) is 56.8 Å². The van der Waals surface area contributed by atoms with Crippen LogP contribution in [0.5, 0.6) is 0 Å². The van der Waals surface area contributed by atoms with Crippen LogP contribution in [0.1, 0.15) is 56.0 Å². The molecule has 152 valence electrons. The SMILES string of the molecule is O=C1C(=O)N(C2CCCC2)C(=O)N1CN1CCCC[C@@H]1c1nc2ccccc2s1. The maximum absolute atomic E-state index is 12.9. The van der Waals surface area contributed by atoms with E-state index in [2.05, 4.69) is 11.0 Å². The van der Waals surface area contributed by atoms with E-state index < -0.39 is 17.8 Å². The number of imide groups is 2. The molecule has 0 radical (unpaired) electrons. The molecule has 2 saturated heterocycles. The molecule has 2 aromatic rings. The van der Waals surface area contributed by atoms with Crippen LogP contribution >= 0.6 is 11.3 Å². The number of amides is 4. The summed E-state index contributed by atoms with van der Waals surface area (Å²) < 4.78 is 1.14. The highest BCUT2D eigenvalue weighted by molar-refractivity contribution is 7.18. The molecule has 0 N–H and O–H groups in total. The van der Waals surface area contributed by atoms with Gasteiger partial charge in [0, 0.05) is 12.6 Å². The van der Waals surface area contributed by atoms with E-state index in [1.54, 1.807) is 11.3 Å². The number of nitrogens with zero attached hydrogens (tertiary/aromatic N) is 4. The van der Waals surface area contributed by atoms with Gasteiger partial charge in [-0.05, 0) is 37.8 Å². The summed E-state index contributed by atoms with van der Waals surface area (Å²) in [4.78, 5) is 47.4. The van der Waals surface area contributed by atoms with Gasteiger partial charge in [-0.25, -0.2) is 14.7 Å². The number of thiazole rings is 1. The van der Waals surface area contributed by atoms with Crippen molar-refractivity contribution in [2.75, 3.05) is 13.2 Å². The third kappa shape index (κ3) is 3.24. The second-order valence-corrected chi connectivity index (χ2v) is 9.18. The average Bonchev–Trinajstić information content (AvgIpc) is 3.45. The zero-order valence-electron chi connectivity index (χ0n) is 16.2. The molecule has 1 atom stereocenters. The summed E-state index contributed by atoms with van der Waals surface area (Å²) in [5.41, 5.74) is 0.980. The van der Waals surface area contributed by atoms with Gasteiger partial charge in [-0.1, -0.05) is 31.4 Å². The van der Waals surface area contributed by atoms with E-state index in [0.717, 1.165) is 71.6 Å². The number of urea groups is 1. The smallest absolute Gasteiger partial charge is 0.276 e. The fraction of sp³-hybridized carbons (Fsp3) is 0.524. The summed E-state index contributed by atoms with van der Waals surface area (Å²) in [6.45, 7) is 0.947. The van der Waals surface area contributed by atoms with Crippen molar-refractivity contribution in [3.8, 4) is 0 Å². The van der Waals surface area contributed by atoms with Crippen LogP contribution in [0.2, 0.25) is 0 Å². The van der Waals surface area contributed by atoms with Crippen molar-refractivity contribution >= 4 is 39.4 Å². The van der Waals surface area contributed by atoms with Gasteiger partial charge >= 0.3 is 17.8 Å². The number of fused-ring (bicyclic) bond motifs is 1. The van der Waals surface area contributed by atoms with Crippen LogP contribution in [0.15, 0.2) is 24.3 Å². The highest BCUT2D eigenvalue weighted by atomic mass is 32.1. The van der Waals surface area contributed by atoms with Gasteiger partial charge in [0.2, 0.25) is 0 Å². The first-order valence-electron chi connectivity index (χ1n) is 10.4. The quantitative estimate of drug-likeness (QED) is 0.567. The van der Waals surface area contributed by atoms with Crippen molar-refractivity contribution in [1.29, 1.82) is 0 Å². The van der Waals surface area contributed by atoms with Gasteiger partial charge < -0.3 is 0 Å². The van der Waals surface area contributed by atoms with Crippen LogP contribution in [0.25, 0.3) is 10.2 Å². The van der Waals surface area contributed by atoms with E-state index in [0.29, 0.717) is 0 Å². The predicted molar refractivity (Wildman–Crippen MR) is 109 cm³/mol.